The highest BCUT2D eigenvalue weighted by Gasteiger charge is 2.33. The maximum atomic E-state index is 5.37. The normalized spacial score (nSPS) is 11.3. The first kappa shape index (κ1) is 17.1. The van der Waals surface area contributed by atoms with Crippen LogP contribution >= 0.6 is 79.6 Å². The van der Waals surface area contributed by atoms with Crippen molar-refractivity contribution in [3.63, 3.8) is 0 Å². The molecular formula is C10H9Br5O3. The summed E-state index contributed by atoms with van der Waals surface area (Å²) < 4.78 is 16.9. The Morgan fingerprint density at radius 1 is 0.722 bits per heavy atom. The fourth-order valence-corrected chi connectivity index (χ4v) is 6.15. The molecule has 0 N–H and O–H groups in total. The topological polar surface area (TPSA) is 27.7 Å². The highest BCUT2D eigenvalue weighted by molar-refractivity contribution is 9.38. The van der Waals surface area contributed by atoms with E-state index in [9.17, 15) is 0 Å². The van der Waals surface area contributed by atoms with Crippen LogP contribution in [0.1, 0.15) is 5.56 Å². The van der Waals surface area contributed by atoms with Gasteiger partial charge in [-0.25, -0.2) is 0 Å². The second kappa shape index (κ2) is 6.65. The zero-order chi connectivity index (χ0) is 14.1. The van der Waals surface area contributed by atoms with Gasteiger partial charge in [0, 0.05) is 5.56 Å². The van der Waals surface area contributed by atoms with E-state index in [1.807, 2.05) is 0 Å². The lowest BCUT2D eigenvalue weighted by atomic mass is 10.2. The largest absolute Gasteiger partial charge is 0.492 e. The Bertz CT molecular complexity index is 425. The number of hydrogen-bond donors (Lipinski definition) is 0. The predicted octanol–water partition coefficient (Wildman–Crippen LogP) is 5.53. The molecule has 0 atom stereocenters. The molecule has 8 heteroatoms. The summed E-state index contributed by atoms with van der Waals surface area (Å²) in [6.45, 7) is 0. The van der Waals surface area contributed by atoms with Gasteiger partial charge in [-0.2, -0.15) is 0 Å². The van der Waals surface area contributed by atoms with E-state index in [1.165, 1.54) is 0 Å². The van der Waals surface area contributed by atoms with E-state index in [0.717, 1.165) is 14.5 Å². The van der Waals surface area contributed by atoms with Gasteiger partial charge in [-0.05, 0) is 31.9 Å². The van der Waals surface area contributed by atoms with Gasteiger partial charge in [0.15, 0.2) is 13.6 Å². The van der Waals surface area contributed by atoms with Crippen molar-refractivity contribution in [3.8, 4) is 17.2 Å². The standard InChI is InChI=1S/C10H9Br5O3/c1-16-7-5(11)4(10(13,14)15)6(12)8(17-2)9(7)18-3/h1-3H3. The molecule has 0 radical (unpaired) electrons. The summed E-state index contributed by atoms with van der Waals surface area (Å²) in [5.74, 6) is 1.62. The molecule has 0 aliphatic rings. The SMILES string of the molecule is COc1c(Br)c(C(Br)(Br)Br)c(Br)c(OC)c1OC. The summed E-state index contributed by atoms with van der Waals surface area (Å²) in [6.07, 6.45) is 0. The molecule has 0 aromatic heterocycles. The molecule has 3 nitrogen and oxygen atoms in total. The molecule has 1 aromatic rings. The molecule has 1 aromatic carbocycles. The number of halogens is 5. The van der Waals surface area contributed by atoms with Gasteiger partial charge in [-0.3, -0.25) is 0 Å². The van der Waals surface area contributed by atoms with Gasteiger partial charge in [0.05, 0.1) is 30.3 Å². The zero-order valence-electron chi connectivity index (χ0n) is 9.61. The number of ether oxygens (including phenoxy) is 3. The lowest BCUT2D eigenvalue weighted by Crippen LogP contribution is -2.06. The third-order valence-corrected chi connectivity index (χ3v) is 4.85. The quantitative estimate of drug-likeness (QED) is 0.443. The molecule has 0 aliphatic heterocycles. The highest BCUT2D eigenvalue weighted by Crippen LogP contribution is 2.58. The first-order valence-corrected chi connectivity index (χ1v) is 8.50. The minimum atomic E-state index is -0.627. The van der Waals surface area contributed by atoms with E-state index in [2.05, 4.69) is 79.6 Å². The van der Waals surface area contributed by atoms with Crippen molar-refractivity contribution in [1.82, 2.24) is 0 Å². The molecule has 102 valence electrons. The Morgan fingerprint density at radius 2 is 1.06 bits per heavy atom. The molecule has 0 saturated heterocycles. The monoisotopic (exact) mass is 572 g/mol. The number of benzene rings is 1. The number of rotatable bonds is 3. The van der Waals surface area contributed by atoms with E-state index in [0.29, 0.717) is 17.2 Å². The summed E-state index contributed by atoms with van der Waals surface area (Å²) in [7, 11) is 4.69. The van der Waals surface area contributed by atoms with Gasteiger partial charge in [0.2, 0.25) is 5.75 Å². The van der Waals surface area contributed by atoms with Crippen molar-refractivity contribution in [2.45, 2.75) is 2.14 Å². The second-order valence-electron chi connectivity index (χ2n) is 3.10. The zero-order valence-corrected chi connectivity index (χ0v) is 17.5. The molecule has 0 bridgehead atoms. The van der Waals surface area contributed by atoms with Crippen LogP contribution in [-0.2, 0) is 2.14 Å². The van der Waals surface area contributed by atoms with Crippen LogP contribution < -0.4 is 14.2 Å². The smallest absolute Gasteiger partial charge is 0.205 e. The van der Waals surface area contributed by atoms with E-state index >= 15 is 0 Å². The van der Waals surface area contributed by atoms with Crippen LogP contribution in [0.4, 0.5) is 0 Å². The molecule has 18 heavy (non-hydrogen) atoms. The van der Waals surface area contributed by atoms with Gasteiger partial charge in [-0.1, -0.05) is 47.8 Å². The summed E-state index contributed by atoms with van der Waals surface area (Å²) in [5.41, 5.74) is 0.831. The molecule has 0 spiro atoms. The Balaban J connectivity index is 3.76. The Hall–Kier alpha value is 1.02. The van der Waals surface area contributed by atoms with Gasteiger partial charge < -0.3 is 14.2 Å². The lowest BCUT2D eigenvalue weighted by molar-refractivity contribution is 0.321. The van der Waals surface area contributed by atoms with Crippen molar-refractivity contribution < 1.29 is 14.2 Å². The molecule has 0 heterocycles. The first-order chi connectivity index (χ1) is 8.29. The van der Waals surface area contributed by atoms with Crippen molar-refractivity contribution in [2.75, 3.05) is 21.3 Å². The predicted molar refractivity (Wildman–Crippen MR) is 90.0 cm³/mol. The fraction of sp³-hybridized carbons (Fsp3) is 0.400. The molecule has 0 aliphatic carbocycles. The van der Waals surface area contributed by atoms with Crippen molar-refractivity contribution >= 4 is 79.6 Å². The van der Waals surface area contributed by atoms with Gasteiger partial charge in [-0.15, -0.1) is 0 Å². The van der Waals surface area contributed by atoms with Crippen LogP contribution in [-0.4, -0.2) is 21.3 Å². The second-order valence-corrected chi connectivity index (χ2v) is 11.4. The van der Waals surface area contributed by atoms with E-state index in [4.69, 9.17) is 14.2 Å². The molecule has 0 amide bonds. The highest BCUT2D eigenvalue weighted by atomic mass is 80.0. The van der Waals surface area contributed by atoms with Gasteiger partial charge in [0.25, 0.3) is 0 Å². The summed E-state index contributed by atoms with van der Waals surface area (Å²) in [6, 6.07) is 0. The minimum absolute atomic E-state index is 0.513. The number of methoxy groups -OCH3 is 3. The van der Waals surface area contributed by atoms with Gasteiger partial charge in [0.1, 0.15) is 0 Å². The Labute approximate surface area is 148 Å². The van der Waals surface area contributed by atoms with Crippen LogP contribution in [0, 0.1) is 0 Å². The summed E-state index contributed by atoms with van der Waals surface area (Å²) in [5, 5.41) is 0. The first-order valence-electron chi connectivity index (χ1n) is 4.53. The maximum absolute atomic E-state index is 5.37. The third kappa shape index (κ3) is 3.19. The van der Waals surface area contributed by atoms with Crippen LogP contribution in [0.2, 0.25) is 0 Å². The van der Waals surface area contributed by atoms with Crippen LogP contribution in [0.3, 0.4) is 0 Å². The Kier molecular flexibility index (Phi) is 6.31. The summed E-state index contributed by atoms with van der Waals surface area (Å²) in [4.78, 5) is 0. The molecule has 0 unspecified atom stereocenters. The fourth-order valence-electron chi connectivity index (χ4n) is 1.42. The molecule has 0 fully saturated rings. The summed E-state index contributed by atoms with van der Waals surface area (Å²) >= 11 is 17.5. The van der Waals surface area contributed by atoms with Crippen LogP contribution in [0.5, 0.6) is 17.2 Å². The number of hydrogen-bond acceptors (Lipinski definition) is 3. The van der Waals surface area contributed by atoms with Crippen LogP contribution in [0.15, 0.2) is 8.95 Å². The minimum Gasteiger partial charge on any atom is -0.492 e. The lowest BCUT2D eigenvalue weighted by Gasteiger charge is -2.23. The van der Waals surface area contributed by atoms with Crippen molar-refractivity contribution in [3.05, 3.63) is 14.5 Å². The third-order valence-electron chi connectivity index (χ3n) is 2.15. The average Bonchev–Trinajstić information content (AvgIpc) is 2.26. The molecule has 1 rings (SSSR count). The maximum Gasteiger partial charge on any atom is 0.205 e. The van der Waals surface area contributed by atoms with Crippen molar-refractivity contribution in [2.24, 2.45) is 0 Å². The number of alkyl halides is 3. The average molecular weight is 577 g/mol. The van der Waals surface area contributed by atoms with E-state index in [1.54, 1.807) is 21.3 Å². The van der Waals surface area contributed by atoms with Crippen molar-refractivity contribution in [1.29, 1.82) is 0 Å². The van der Waals surface area contributed by atoms with Crippen LogP contribution in [0.25, 0.3) is 0 Å². The van der Waals surface area contributed by atoms with E-state index in [-0.39, 0.29) is 0 Å². The van der Waals surface area contributed by atoms with Gasteiger partial charge >= 0.3 is 0 Å². The molecular weight excluding hydrogens is 568 g/mol. The molecule has 0 saturated carbocycles. The van der Waals surface area contributed by atoms with E-state index < -0.39 is 2.14 Å². The Morgan fingerprint density at radius 3 is 1.28 bits per heavy atom.